The highest BCUT2D eigenvalue weighted by molar-refractivity contribution is 7.04. The average Bonchev–Trinajstić information content (AvgIpc) is 2.96. The number of aryl methyl sites for hydroxylation is 1. The lowest BCUT2D eigenvalue weighted by Crippen LogP contribution is -2.06. The molecule has 0 fully saturated rings. The van der Waals surface area contributed by atoms with E-state index in [-0.39, 0.29) is 5.43 Å². The van der Waals surface area contributed by atoms with Gasteiger partial charge in [-0.2, -0.15) is 0 Å². The summed E-state index contributed by atoms with van der Waals surface area (Å²) in [6.45, 7) is 0. The number of rotatable bonds is 1. The zero-order valence-corrected chi connectivity index (χ0v) is 12.1. The second-order valence-corrected chi connectivity index (χ2v) is 5.98. The largest absolute Gasteiger partial charge is 0.300 e. The number of aromatic nitrogens is 3. The smallest absolute Gasteiger partial charge is 0.189 e. The normalized spacial score (nSPS) is 11.3. The minimum atomic E-state index is -0.00738. The van der Waals surface area contributed by atoms with Crippen molar-refractivity contribution in [2.24, 2.45) is 7.05 Å². The molecule has 0 radical (unpaired) electrons. The molecule has 2 aliphatic heterocycles. The van der Waals surface area contributed by atoms with E-state index in [1.54, 1.807) is 6.07 Å². The minimum absolute atomic E-state index is 0.00738. The number of imidazole rings is 1. The molecule has 21 heavy (non-hydrogen) atoms. The lowest BCUT2D eigenvalue weighted by molar-refractivity contribution is 1.02. The Bertz CT molecular complexity index is 1020. The van der Waals surface area contributed by atoms with Gasteiger partial charge in [-0.15, -0.1) is 0 Å². The van der Waals surface area contributed by atoms with Gasteiger partial charge in [0.15, 0.2) is 5.43 Å². The first kappa shape index (κ1) is 12.2. The summed E-state index contributed by atoms with van der Waals surface area (Å²) in [5.41, 5.74) is 3.56. The van der Waals surface area contributed by atoms with Crippen molar-refractivity contribution in [2.75, 3.05) is 0 Å². The predicted octanol–water partition coefficient (Wildman–Crippen LogP) is 2.73. The molecule has 0 amide bonds. The molecule has 1 aromatic carbocycles. The molecule has 0 atom stereocenters. The van der Waals surface area contributed by atoms with Gasteiger partial charge in [0.05, 0.1) is 15.9 Å². The van der Waals surface area contributed by atoms with Crippen LogP contribution in [0.15, 0.2) is 53.6 Å². The van der Waals surface area contributed by atoms with E-state index in [9.17, 15) is 4.79 Å². The van der Waals surface area contributed by atoms with Gasteiger partial charge in [0, 0.05) is 18.3 Å². The van der Waals surface area contributed by atoms with Gasteiger partial charge < -0.3 is 0 Å². The Morgan fingerprint density at radius 2 is 1.90 bits per heavy atom. The lowest BCUT2D eigenvalue weighted by Gasteiger charge is -2.09. The van der Waals surface area contributed by atoms with Crippen molar-refractivity contribution in [3.05, 3.63) is 68.8 Å². The maximum Gasteiger partial charge on any atom is 0.189 e. The third-order valence-corrected chi connectivity index (χ3v) is 4.60. The van der Waals surface area contributed by atoms with E-state index >= 15 is 0 Å². The molecule has 0 saturated carbocycles. The molecule has 0 saturated heterocycles. The number of hydrogen-bond donors (Lipinski definition) is 0. The van der Waals surface area contributed by atoms with Crippen molar-refractivity contribution >= 4 is 11.5 Å². The summed E-state index contributed by atoms with van der Waals surface area (Å²) in [5.74, 6) is 0. The van der Waals surface area contributed by atoms with Crippen LogP contribution in [-0.2, 0) is 7.05 Å². The SMILES string of the molecule is Cn1sc2c3ncnc-3cc(=O)c=2cc1-c1ccccc1. The van der Waals surface area contributed by atoms with Gasteiger partial charge >= 0.3 is 0 Å². The predicted molar refractivity (Wildman–Crippen MR) is 82.5 cm³/mol. The Morgan fingerprint density at radius 1 is 1.10 bits per heavy atom. The van der Waals surface area contributed by atoms with Crippen LogP contribution in [0.5, 0.6) is 0 Å². The fourth-order valence-corrected chi connectivity index (χ4v) is 3.55. The van der Waals surface area contributed by atoms with E-state index in [4.69, 9.17) is 0 Å². The van der Waals surface area contributed by atoms with Crippen LogP contribution in [0.1, 0.15) is 0 Å². The summed E-state index contributed by atoms with van der Waals surface area (Å²) < 4.78 is 2.95. The van der Waals surface area contributed by atoms with Gasteiger partial charge in [0.25, 0.3) is 0 Å². The topological polar surface area (TPSA) is 47.8 Å². The average molecular weight is 293 g/mol. The molecule has 0 N–H and O–H groups in total. The Morgan fingerprint density at radius 3 is 2.71 bits per heavy atom. The van der Waals surface area contributed by atoms with E-state index in [1.165, 1.54) is 17.9 Å². The standard InChI is InChI=1S/C16H11N3OS/c1-19-13(10-5-3-2-4-6-10)7-11-14(20)8-12-15(16(11)21-19)18-9-17-12/h2-9H,1H3. The molecule has 0 spiro atoms. The molecule has 102 valence electrons. The quantitative estimate of drug-likeness (QED) is 0.542. The highest BCUT2D eigenvalue weighted by Gasteiger charge is 2.13. The zero-order valence-electron chi connectivity index (χ0n) is 11.3. The highest BCUT2D eigenvalue weighted by Crippen LogP contribution is 2.25. The van der Waals surface area contributed by atoms with Crippen LogP contribution in [0.3, 0.4) is 0 Å². The molecule has 4 nitrogen and oxygen atoms in total. The maximum atomic E-state index is 12.3. The third-order valence-electron chi connectivity index (χ3n) is 3.54. The Hall–Kier alpha value is -2.53. The van der Waals surface area contributed by atoms with Gasteiger partial charge in [0.1, 0.15) is 12.0 Å². The van der Waals surface area contributed by atoms with E-state index in [2.05, 4.69) is 13.9 Å². The van der Waals surface area contributed by atoms with Crippen LogP contribution in [0.4, 0.5) is 0 Å². The molecular formula is C16H11N3OS. The van der Waals surface area contributed by atoms with Gasteiger partial charge in [-0.1, -0.05) is 41.9 Å². The molecular weight excluding hydrogens is 282 g/mol. The fourth-order valence-electron chi connectivity index (χ4n) is 2.51. The van der Waals surface area contributed by atoms with Gasteiger partial charge in [-0.25, -0.2) is 9.97 Å². The third kappa shape index (κ3) is 1.86. The molecule has 1 aliphatic carbocycles. The fraction of sp³-hybridized carbons (Fsp3) is 0.0625. The minimum Gasteiger partial charge on any atom is -0.300 e. The van der Waals surface area contributed by atoms with Crippen LogP contribution in [0.25, 0.3) is 22.6 Å². The van der Waals surface area contributed by atoms with Crippen molar-refractivity contribution < 1.29 is 0 Å². The maximum absolute atomic E-state index is 12.3. The molecule has 5 heteroatoms. The molecule has 4 rings (SSSR count). The molecule has 0 unspecified atom stereocenters. The molecule has 3 aliphatic rings. The number of benzene rings is 1. The van der Waals surface area contributed by atoms with Crippen molar-refractivity contribution in [1.82, 2.24) is 13.9 Å². The van der Waals surface area contributed by atoms with Crippen molar-refractivity contribution in [3.8, 4) is 22.6 Å². The Kier molecular flexibility index (Phi) is 2.62. The molecule has 0 aromatic heterocycles. The van der Waals surface area contributed by atoms with Crippen molar-refractivity contribution in [3.63, 3.8) is 0 Å². The van der Waals surface area contributed by atoms with Gasteiger partial charge in [-0.05, 0) is 11.6 Å². The number of hydrogen-bond acceptors (Lipinski definition) is 4. The summed E-state index contributed by atoms with van der Waals surface area (Å²) in [6.07, 6.45) is 1.50. The summed E-state index contributed by atoms with van der Waals surface area (Å²) in [4.78, 5) is 20.7. The van der Waals surface area contributed by atoms with Gasteiger partial charge in [-0.3, -0.25) is 8.75 Å². The monoisotopic (exact) mass is 293 g/mol. The van der Waals surface area contributed by atoms with Crippen molar-refractivity contribution in [2.45, 2.75) is 0 Å². The highest BCUT2D eigenvalue weighted by atomic mass is 32.1. The zero-order chi connectivity index (χ0) is 14.4. The summed E-state index contributed by atoms with van der Waals surface area (Å²) in [6, 6.07) is 13.6. The van der Waals surface area contributed by atoms with E-state index in [0.717, 1.165) is 21.5 Å². The second-order valence-electron chi connectivity index (χ2n) is 4.84. The first-order chi connectivity index (χ1) is 10.2. The first-order valence-corrected chi connectivity index (χ1v) is 7.31. The Labute approximate surface area is 124 Å². The second kappa shape index (κ2) is 4.49. The molecule has 2 heterocycles. The lowest BCUT2D eigenvalue weighted by atomic mass is 10.1. The van der Waals surface area contributed by atoms with E-state index < -0.39 is 0 Å². The van der Waals surface area contributed by atoms with E-state index in [1.807, 2.05) is 43.4 Å². The number of nitrogens with zero attached hydrogens (tertiary/aromatic N) is 3. The van der Waals surface area contributed by atoms with Crippen LogP contribution < -0.4 is 5.43 Å². The van der Waals surface area contributed by atoms with Crippen molar-refractivity contribution in [1.29, 1.82) is 0 Å². The first-order valence-electron chi connectivity index (χ1n) is 6.54. The molecule has 0 bridgehead atoms. The van der Waals surface area contributed by atoms with Crippen LogP contribution >= 0.6 is 11.5 Å². The number of fused-ring (bicyclic) bond motifs is 2. The molecule has 1 aromatic rings. The summed E-state index contributed by atoms with van der Waals surface area (Å²) >= 11 is 1.53. The Balaban J connectivity index is 2.15. The van der Waals surface area contributed by atoms with Gasteiger partial charge in [0.2, 0.25) is 0 Å². The van der Waals surface area contributed by atoms with Crippen LogP contribution in [0, 0.1) is 9.75 Å². The summed E-state index contributed by atoms with van der Waals surface area (Å²) in [5, 5.41) is 0.699. The van der Waals surface area contributed by atoms with Crippen LogP contribution in [0.2, 0.25) is 0 Å². The summed E-state index contributed by atoms with van der Waals surface area (Å²) in [7, 11) is 1.99. The van der Waals surface area contributed by atoms with Crippen LogP contribution in [-0.4, -0.2) is 13.9 Å². The van der Waals surface area contributed by atoms with E-state index in [0.29, 0.717) is 10.9 Å².